The van der Waals surface area contributed by atoms with E-state index in [9.17, 15) is 0 Å². The summed E-state index contributed by atoms with van der Waals surface area (Å²) in [4.78, 5) is 0. The van der Waals surface area contributed by atoms with E-state index in [4.69, 9.17) is 0 Å². The lowest BCUT2D eigenvalue weighted by molar-refractivity contribution is 0.595. The van der Waals surface area contributed by atoms with Crippen LogP contribution in [0.3, 0.4) is 0 Å². The molecule has 0 aromatic carbocycles. The first kappa shape index (κ1) is 9.37. The van der Waals surface area contributed by atoms with Gasteiger partial charge in [0.15, 0.2) is 0 Å². The monoisotopic (exact) mass is 165 g/mol. The van der Waals surface area contributed by atoms with E-state index >= 15 is 0 Å². The maximum absolute atomic E-state index is 3.42. The van der Waals surface area contributed by atoms with E-state index in [1.54, 1.807) is 0 Å². The Balaban J connectivity index is 2.30. The molecule has 1 rings (SSSR count). The molecule has 1 N–H and O–H groups in total. The molecule has 0 saturated carbocycles. The lowest BCUT2D eigenvalue weighted by Crippen LogP contribution is -2.19. The third-order valence-electron chi connectivity index (χ3n) is 2.03. The highest BCUT2D eigenvalue weighted by Crippen LogP contribution is 2.13. The van der Waals surface area contributed by atoms with Gasteiger partial charge in [0.2, 0.25) is 0 Å². The molecule has 1 aliphatic rings. The van der Waals surface area contributed by atoms with Crippen molar-refractivity contribution in [2.45, 2.75) is 27.2 Å². The minimum Gasteiger partial charge on any atom is -0.385 e. The van der Waals surface area contributed by atoms with Crippen LogP contribution in [-0.2, 0) is 0 Å². The van der Waals surface area contributed by atoms with Crippen LogP contribution < -0.4 is 5.32 Å². The Kier molecular flexibility index (Phi) is 3.39. The van der Waals surface area contributed by atoms with Gasteiger partial charge in [0.05, 0.1) is 0 Å². The molecule has 0 bridgehead atoms. The zero-order valence-electron chi connectivity index (χ0n) is 8.30. The third-order valence-corrected chi connectivity index (χ3v) is 2.03. The van der Waals surface area contributed by atoms with E-state index in [1.807, 2.05) is 0 Å². The normalized spacial score (nSPS) is 22.7. The molecule has 0 spiro atoms. The summed E-state index contributed by atoms with van der Waals surface area (Å²) in [5, 5.41) is 3.42. The molecule has 1 atom stereocenters. The van der Waals surface area contributed by atoms with Gasteiger partial charge in [-0.05, 0) is 24.3 Å². The minimum atomic E-state index is 0.717. The Labute approximate surface area is 75.6 Å². The highest BCUT2D eigenvalue weighted by Gasteiger charge is 2.02. The van der Waals surface area contributed by atoms with Crippen LogP contribution in [0.2, 0.25) is 0 Å². The van der Waals surface area contributed by atoms with Crippen LogP contribution in [0.25, 0.3) is 0 Å². The van der Waals surface area contributed by atoms with Crippen molar-refractivity contribution in [1.29, 1.82) is 0 Å². The molecule has 1 unspecified atom stereocenters. The third kappa shape index (κ3) is 3.12. The number of rotatable bonds is 3. The van der Waals surface area contributed by atoms with Gasteiger partial charge >= 0.3 is 0 Å². The second-order valence-corrected chi connectivity index (χ2v) is 4.01. The molecule has 0 radical (unpaired) electrons. The van der Waals surface area contributed by atoms with Crippen LogP contribution in [0, 0.1) is 11.8 Å². The Morgan fingerprint density at radius 2 is 2.33 bits per heavy atom. The summed E-state index contributed by atoms with van der Waals surface area (Å²) in [5.41, 5.74) is 1.29. The number of hydrogen-bond donors (Lipinski definition) is 1. The standard InChI is InChI=1S/C11H19N/c1-9(2)8-12-11-6-4-10(3)5-7-11/h4,6-7,9-10,12H,5,8H2,1-3H3. The minimum absolute atomic E-state index is 0.717. The maximum Gasteiger partial charge on any atom is 0.0296 e. The summed E-state index contributed by atoms with van der Waals surface area (Å²) in [6, 6.07) is 0. The lowest BCUT2D eigenvalue weighted by atomic mass is 10.0. The number of nitrogens with one attached hydrogen (secondary N) is 1. The molecule has 0 heterocycles. The molecular formula is C11H19N. The second-order valence-electron chi connectivity index (χ2n) is 4.01. The molecule has 0 amide bonds. The van der Waals surface area contributed by atoms with E-state index in [-0.39, 0.29) is 0 Å². The number of allylic oxidation sites excluding steroid dienone is 3. The van der Waals surface area contributed by atoms with E-state index in [0.29, 0.717) is 0 Å². The van der Waals surface area contributed by atoms with Gasteiger partial charge in [-0.3, -0.25) is 0 Å². The van der Waals surface area contributed by atoms with Crippen LogP contribution in [-0.4, -0.2) is 6.54 Å². The predicted molar refractivity (Wildman–Crippen MR) is 53.8 cm³/mol. The van der Waals surface area contributed by atoms with Crippen molar-refractivity contribution in [3.8, 4) is 0 Å². The summed E-state index contributed by atoms with van der Waals surface area (Å²) in [6.45, 7) is 7.77. The lowest BCUT2D eigenvalue weighted by Gasteiger charge is -2.14. The first-order valence-electron chi connectivity index (χ1n) is 4.80. The summed E-state index contributed by atoms with van der Waals surface area (Å²) in [5.74, 6) is 1.44. The fraction of sp³-hybridized carbons (Fsp3) is 0.636. The average molecular weight is 165 g/mol. The van der Waals surface area contributed by atoms with Crippen molar-refractivity contribution in [3.63, 3.8) is 0 Å². The second kappa shape index (κ2) is 4.34. The zero-order chi connectivity index (χ0) is 8.97. The van der Waals surface area contributed by atoms with Crippen LogP contribution in [0.4, 0.5) is 0 Å². The van der Waals surface area contributed by atoms with Crippen LogP contribution >= 0.6 is 0 Å². The molecule has 1 heteroatoms. The Morgan fingerprint density at radius 3 is 2.83 bits per heavy atom. The molecule has 0 aromatic rings. The van der Waals surface area contributed by atoms with Crippen LogP contribution in [0.5, 0.6) is 0 Å². The smallest absolute Gasteiger partial charge is 0.0296 e. The summed E-state index contributed by atoms with van der Waals surface area (Å²) in [6.07, 6.45) is 7.92. The quantitative estimate of drug-likeness (QED) is 0.678. The topological polar surface area (TPSA) is 12.0 Å². The fourth-order valence-electron chi connectivity index (χ4n) is 1.18. The van der Waals surface area contributed by atoms with E-state index < -0.39 is 0 Å². The van der Waals surface area contributed by atoms with Crippen molar-refractivity contribution in [3.05, 3.63) is 23.9 Å². The average Bonchev–Trinajstić information content (AvgIpc) is 2.03. The summed E-state index contributed by atoms with van der Waals surface area (Å²) < 4.78 is 0. The molecule has 68 valence electrons. The van der Waals surface area contributed by atoms with Gasteiger partial charge in [-0.2, -0.15) is 0 Å². The Hall–Kier alpha value is -0.720. The molecule has 0 saturated heterocycles. The maximum atomic E-state index is 3.42. The molecule has 0 fully saturated rings. The molecule has 1 nitrogen and oxygen atoms in total. The molecular weight excluding hydrogens is 146 g/mol. The Bertz CT molecular complexity index is 189. The van der Waals surface area contributed by atoms with Gasteiger partial charge in [0, 0.05) is 12.2 Å². The predicted octanol–water partition coefficient (Wildman–Crippen LogP) is 2.71. The van der Waals surface area contributed by atoms with Gasteiger partial charge in [-0.25, -0.2) is 0 Å². The van der Waals surface area contributed by atoms with Gasteiger partial charge in [0.25, 0.3) is 0 Å². The van der Waals surface area contributed by atoms with Crippen LogP contribution in [0.1, 0.15) is 27.2 Å². The largest absolute Gasteiger partial charge is 0.385 e. The fourth-order valence-corrected chi connectivity index (χ4v) is 1.18. The SMILES string of the molecule is CC(C)CNC1=CCC(C)C=C1. The zero-order valence-corrected chi connectivity index (χ0v) is 8.30. The summed E-state index contributed by atoms with van der Waals surface area (Å²) in [7, 11) is 0. The van der Waals surface area contributed by atoms with E-state index in [2.05, 4.69) is 44.3 Å². The highest BCUT2D eigenvalue weighted by molar-refractivity contribution is 5.21. The first-order chi connectivity index (χ1) is 5.68. The molecule has 0 aromatic heterocycles. The van der Waals surface area contributed by atoms with Gasteiger partial charge < -0.3 is 5.32 Å². The number of hydrogen-bond acceptors (Lipinski definition) is 1. The van der Waals surface area contributed by atoms with Crippen LogP contribution in [0.15, 0.2) is 23.9 Å². The van der Waals surface area contributed by atoms with E-state index in [1.165, 1.54) is 12.1 Å². The van der Waals surface area contributed by atoms with Crippen molar-refractivity contribution in [2.24, 2.45) is 11.8 Å². The first-order valence-corrected chi connectivity index (χ1v) is 4.80. The van der Waals surface area contributed by atoms with Gasteiger partial charge in [-0.1, -0.05) is 32.9 Å². The summed E-state index contributed by atoms with van der Waals surface area (Å²) >= 11 is 0. The molecule has 0 aliphatic heterocycles. The highest BCUT2D eigenvalue weighted by atomic mass is 14.9. The van der Waals surface area contributed by atoms with Crippen molar-refractivity contribution in [1.82, 2.24) is 5.32 Å². The van der Waals surface area contributed by atoms with Gasteiger partial charge in [-0.15, -0.1) is 0 Å². The van der Waals surface area contributed by atoms with Gasteiger partial charge in [0.1, 0.15) is 0 Å². The molecule has 1 aliphatic carbocycles. The van der Waals surface area contributed by atoms with Crippen molar-refractivity contribution in [2.75, 3.05) is 6.54 Å². The Morgan fingerprint density at radius 1 is 1.58 bits per heavy atom. The van der Waals surface area contributed by atoms with E-state index in [0.717, 1.165) is 18.4 Å². The van der Waals surface area contributed by atoms with Crippen molar-refractivity contribution < 1.29 is 0 Å². The van der Waals surface area contributed by atoms with Crippen molar-refractivity contribution >= 4 is 0 Å². The molecule has 12 heavy (non-hydrogen) atoms.